The first-order valence-electron chi connectivity index (χ1n) is 8.02. The minimum atomic E-state index is -4.29. The highest BCUT2D eigenvalue weighted by atomic mass is 19.4. The standard InChI is InChI=1S/C15H25F3N4O/c1-10(2)8-22-13(7-15(16,17)18)19-20-14(22)21-5-6-23-12(9-21)11(3)4/h10-12H,5-9H2,1-4H3. The predicted molar refractivity (Wildman–Crippen MR) is 81.4 cm³/mol. The van der Waals surface area contributed by atoms with Gasteiger partial charge in [-0.25, -0.2) is 0 Å². The largest absolute Gasteiger partial charge is 0.396 e. The molecule has 2 rings (SSSR count). The molecule has 1 aliphatic rings. The van der Waals surface area contributed by atoms with E-state index in [0.29, 0.717) is 38.1 Å². The van der Waals surface area contributed by atoms with Gasteiger partial charge >= 0.3 is 6.18 Å². The molecule has 132 valence electrons. The van der Waals surface area contributed by atoms with E-state index in [1.807, 2.05) is 18.7 Å². The maximum Gasteiger partial charge on any atom is 0.396 e. The first kappa shape index (κ1) is 18.0. The third-order valence-corrected chi connectivity index (χ3v) is 3.83. The molecule has 0 radical (unpaired) electrons. The number of anilines is 1. The summed E-state index contributed by atoms with van der Waals surface area (Å²) < 4.78 is 45.6. The molecular formula is C15H25F3N4O. The van der Waals surface area contributed by atoms with Crippen molar-refractivity contribution in [3.8, 4) is 0 Å². The second kappa shape index (κ2) is 7.07. The zero-order valence-electron chi connectivity index (χ0n) is 14.1. The average Bonchev–Trinajstić information content (AvgIpc) is 2.79. The number of aromatic nitrogens is 3. The molecule has 2 heterocycles. The van der Waals surface area contributed by atoms with Gasteiger partial charge in [-0.2, -0.15) is 13.2 Å². The summed E-state index contributed by atoms with van der Waals surface area (Å²) in [6, 6.07) is 0. The van der Waals surface area contributed by atoms with E-state index in [1.165, 1.54) is 0 Å². The molecule has 0 amide bonds. The summed E-state index contributed by atoms with van der Waals surface area (Å²) in [7, 11) is 0. The molecule has 23 heavy (non-hydrogen) atoms. The SMILES string of the molecule is CC(C)Cn1c(CC(F)(F)F)nnc1N1CCOC(C(C)C)C1. The smallest absolute Gasteiger partial charge is 0.374 e. The number of nitrogens with zero attached hydrogens (tertiary/aromatic N) is 4. The third-order valence-electron chi connectivity index (χ3n) is 3.83. The number of ether oxygens (including phenoxy) is 1. The summed E-state index contributed by atoms with van der Waals surface area (Å²) in [4.78, 5) is 1.99. The van der Waals surface area contributed by atoms with Crippen LogP contribution in [0, 0.1) is 11.8 Å². The van der Waals surface area contributed by atoms with Gasteiger partial charge in [-0.15, -0.1) is 10.2 Å². The summed E-state index contributed by atoms with van der Waals surface area (Å²) in [5, 5.41) is 7.86. The molecular weight excluding hydrogens is 309 g/mol. The van der Waals surface area contributed by atoms with Crippen LogP contribution in [0.25, 0.3) is 0 Å². The molecule has 1 aromatic rings. The van der Waals surface area contributed by atoms with Gasteiger partial charge in [0.2, 0.25) is 5.95 Å². The van der Waals surface area contributed by atoms with Gasteiger partial charge in [0, 0.05) is 19.6 Å². The van der Waals surface area contributed by atoms with Gasteiger partial charge in [-0.1, -0.05) is 27.7 Å². The molecule has 1 aromatic heterocycles. The Labute approximate surface area is 134 Å². The van der Waals surface area contributed by atoms with Crippen molar-refractivity contribution in [2.24, 2.45) is 11.8 Å². The van der Waals surface area contributed by atoms with Crippen molar-refractivity contribution in [3.63, 3.8) is 0 Å². The zero-order chi connectivity index (χ0) is 17.2. The maximum atomic E-state index is 12.8. The zero-order valence-corrected chi connectivity index (χ0v) is 14.1. The van der Waals surface area contributed by atoms with Crippen LogP contribution >= 0.6 is 0 Å². The minimum absolute atomic E-state index is 0.0196. The van der Waals surface area contributed by atoms with Crippen LogP contribution in [0.5, 0.6) is 0 Å². The van der Waals surface area contributed by atoms with Gasteiger partial charge in [-0.3, -0.25) is 4.57 Å². The molecule has 0 spiro atoms. The summed E-state index contributed by atoms with van der Waals surface area (Å²) in [6.45, 7) is 10.3. The number of hydrogen-bond acceptors (Lipinski definition) is 4. The Hall–Kier alpha value is -1.31. The Bertz CT molecular complexity index is 513. The highest BCUT2D eigenvalue weighted by Gasteiger charge is 2.33. The van der Waals surface area contributed by atoms with Gasteiger partial charge in [0.05, 0.1) is 12.7 Å². The Morgan fingerprint density at radius 1 is 1.22 bits per heavy atom. The lowest BCUT2D eigenvalue weighted by Gasteiger charge is -2.35. The molecule has 1 fully saturated rings. The molecule has 5 nitrogen and oxygen atoms in total. The number of hydrogen-bond donors (Lipinski definition) is 0. The van der Waals surface area contributed by atoms with E-state index in [1.54, 1.807) is 4.57 Å². The van der Waals surface area contributed by atoms with Gasteiger partial charge < -0.3 is 9.64 Å². The van der Waals surface area contributed by atoms with Crippen molar-refractivity contribution in [1.29, 1.82) is 0 Å². The van der Waals surface area contributed by atoms with Crippen molar-refractivity contribution < 1.29 is 17.9 Å². The maximum absolute atomic E-state index is 12.8. The first-order valence-corrected chi connectivity index (χ1v) is 8.02. The van der Waals surface area contributed by atoms with E-state index in [9.17, 15) is 13.2 Å². The lowest BCUT2D eigenvalue weighted by Crippen LogP contribution is -2.46. The van der Waals surface area contributed by atoms with Crippen LogP contribution in [0.15, 0.2) is 0 Å². The number of morpholine rings is 1. The fraction of sp³-hybridized carbons (Fsp3) is 0.867. The van der Waals surface area contributed by atoms with E-state index in [2.05, 4.69) is 24.0 Å². The molecule has 0 bridgehead atoms. The summed E-state index contributed by atoms with van der Waals surface area (Å²) >= 11 is 0. The van der Waals surface area contributed by atoms with Gasteiger partial charge in [0.1, 0.15) is 12.2 Å². The van der Waals surface area contributed by atoms with Crippen LogP contribution < -0.4 is 4.90 Å². The van der Waals surface area contributed by atoms with Gasteiger partial charge in [0.15, 0.2) is 0 Å². The van der Waals surface area contributed by atoms with E-state index >= 15 is 0 Å². The summed E-state index contributed by atoms with van der Waals surface area (Å²) in [5.74, 6) is 1.05. The highest BCUT2D eigenvalue weighted by molar-refractivity contribution is 5.32. The van der Waals surface area contributed by atoms with E-state index in [0.717, 1.165) is 0 Å². The molecule has 0 aromatic carbocycles. The number of halogens is 3. The number of alkyl halides is 3. The van der Waals surface area contributed by atoms with Gasteiger partial charge in [-0.05, 0) is 11.8 Å². The lowest BCUT2D eigenvalue weighted by molar-refractivity contribution is -0.129. The molecule has 1 saturated heterocycles. The summed E-state index contributed by atoms with van der Waals surface area (Å²) in [5.41, 5.74) is 0. The predicted octanol–water partition coefficient (Wildman–Crippen LogP) is 2.90. The fourth-order valence-electron chi connectivity index (χ4n) is 2.68. The normalized spacial score (nSPS) is 19.9. The lowest BCUT2D eigenvalue weighted by atomic mass is 10.1. The Morgan fingerprint density at radius 3 is 2.48 bits per heavy atom. The van der Waals surface area contributed by atoms with Crippen LogP contribution in [-0.2, 0) is 17.7 Å². The molecule has 0 saturated carbocycles. The van der Waals surface area contributed by atoms with Crippen molar-refractivity contribution >= 4 is 5.95 Å². The van der Waals surface area contributed by atoms with Crippen LogP contribution in [0.3, 0.4) is 0 Å². The second-order valence-electron chi connectivity index (χ2n) is 6.81. The molecule has 8 heteroatoms. The average molecular weight is 334 g/mol. The number of rotatable bonds is 5. The van der Waals surface area contributed by atoms with Crippen molar-refractivity contribution in [2.75, 3.05) is 24.6 Å². The Balaban J connectivity index is 2.26. The van der Waals surface area contributed by atoms with Crippen molar-refractivity contribution in [3.05, 3.63) is 5.82 Å². The van der Waals surface area contributed by atoms with Crippen LogP contribution in [-0.4, -0.2) is 46.7 Å². The Kier molecular flexibility index (Phi) is 5.54. The van der Waals surface area contributed by atoms with Crippen LogP contribution in [0.4, 0.5) is 19.1 Å². The topological polar surface area (TPSA) is 43.2 Å². The summed E-state index contributed by atoms with van der Waals surface area (Å²) in [6.07, 6.45) is -5.28. The first-order chi connectivity index (χ1) is 10.7. The molecule has 0 aliphatic carbocycles. The Morgan fingerprint density at radius 2 is 1.91 bits per heavy atom. The van der Waals surface area contributed by atoms with E-state index in [4.69, 9.17) is 4.74 Å². The molecule has 1 unspecified atom stereocenters. The van der Waals surface area contributed by atoms with Gasteiger partial charge in [0.25, 0.3) is 0 Å². The van der Waals surface area contributed by atoms with E-state index in [-0.39, 0.29) is 17.8 Å². The highest BCUT2D eigenvalue weighted by Crippen LogP contribution is 2.25. The molecule has 1 aliphatic heterocycles. The molecule has 1 atom stereocenters. The van der Waals surface area contributed by atoms with E-state index < -0.39 is 12.6 Å². The van der Waals surface area contributed by atoms with Crippen molar-refractivity contribution in [1.82, 2.24) is 14.8 Å². The monoisotopic (exact) mass is 334 g/mol. The van der Waals surface area contributed by atoms with Crippen molar-refractivity contribution in [2.45, 2.75) is 52.9 Å². The quantitative estimate of drug-likeness (QED) is 0.830. The fourth-order valence-corrected chi connectivity index (χ4v) is 2.68. The minimum Gasteiger partial charge on any atom is -0.374 e. The van der Waals surface area contributed by atoms with Crippen LogP contribution in [0.1, 0.15) is 33.5 Å². The van der Waals surface area contributed by atoms with Crippen LogP contribution in [0.2, 0.25) is 0 Å². The molecule has 0 N–H and O–H groups in total. The third kappa shape index (κ3) is 4.83. The second-order valence-corrected chi connectivity index (χ2v) is 6.81.